The Labute approximate surface area is 88.9 Å². The predicted molar refractivity (Wildman–Crippen MR) is 57.2 cm³/mol. The fourth-order valence-electron chi connectivity index (χ4n) is 2.52. The lowest BCUT2D eigenvalue weighted by atomic mass is 9.87. The summed E-state index contributed by atoms with van der Waals surface area (Å²) >= 11 is 0. The first-order valence-corrected chi connectivity index (χ1v) is 5.12. The second-order valence-corrected chi connectivity index (χ2v) is 5.01. The molecule has 3 heteroatoms. The summed E-state index contributed by atoms with van der Waals surface area (Å²) in [6.07, 6.45) is 0.896. The van der Waals surface area contributed by atoms with Crippen LogP contribution in [0.2, 0.25) is 0 Å². The molecule has 1 fully saturated rings. The van der Waals surface area contributed by atoms with Gasteiger partial charge in [-0.05, 0) is 30.0 Å². The molecular formula is C12H16FNO. The summed E-state index contributed by atoms with van der Waals surface area (Å²) in [4.78, 5) is 0. The number of rotatable bonds is 2. The van der Waals surface area contributed by atoms with Gasteiger partial charge in [0.1, 0.15) is 11.6 Å². The number of phenols is 1. The summed E-state index contributed by atoms with van der Waals surface area (Å²) in [7, 11) is 0. The summed E-state index contributed by atoms with van der Waals surface area (Å²) in [6, 6.07) is 4.06. The van der Waals surface area contributed by atoms with E-state index in [2.05, 4.69) is 13.8 Å². The summed E-state index contributed by atoms with van der Waals surface area (Å²) in [5, 5.41) is 9.75. The van der Waals surface area contributed by atoms with Gasteiger partial charge in [-0.15, -0.1) is 0 Å². The Kier molecular flexibility index (Phi) is 2.05. The Balaban J connectivity index is 2.50. The van der Waals surface area contributed by atoms with Crippen molar-refractivity contribution < 1.29 is 9.50 Å². The van der Waals surface area contributed by atoms with E-state index in [-0.39, 0.29) is 22.4 Å². The van der Waals surface area contributed by atoms with Gasteiger partial charge in [0.25, 0.3) is 0 Å². The van der Waals surface area contributed by atoms with Gasteiger partial charge in [-0.1, -0.05) is 13.8 Å². The van der Waals surface area contributed by atoms with Crippen LogP contribution in [0.5, 0.6) is 5.75 Å². The molecule has 1 aromatic rings. The predicted octanol–water partition coefficient (Wildman–Crippen LogP) is 2.16. The SMILES string of the molecule is CC1(C)CC1(CN)c1cc(F)ccc1O. The third-order valence-electron chi connectivity index (χ3n) is 3.74. The minimum atomic E-state index is -0.321. The van der Waals surface area contributed by atoms with Crippen LogP contribution in [0.1, 0.15) is 25.8 Å². The van der Waals surface area contributed by atoms with Gasteiger partial charge < -0.3 is 10.8 Å². The van der Waals surface area contributed by atoms with Gasteiger partial charge in [-0.25, -0.2) is 4.39 Å². The van der Waals surface area contributed by atoms with Crippen molar-refractivity contribution in [3.63, 3.8) is 0 Å². The topological polar surface area (TPSA) is 46.2 Å². The molecule has 0 aliphatic heterocycles. The van der Waals surface area contributed by atoms with Crippen molar-refractivity contribution in [2.24, 2.45) is 11.1 Å². The van der Waals surface area contributed by atoms with Crippen LogP contribution in [0.4, 0.5) is 4.39 Å². The lowest BCUT2D eigenvalue weighted by Crippen LogP contribution is -2.25. The maximum absolute atomic E-state index is 13.1. The molecule has 1 aliphatic carbocycles. The van der Waals surface area contributed by atoms with Crippen molar-refractivity contribution in [3.8, 4) is 5.75 Å². The maximum Gasteiger partial charge on any atom is 0.123 e. The van der Waals surface area contributed by atoms with Crippen LogP contribution < -0.4 is 5.73 Å². The zero-order chi connectivity index (χ0) is 11.3. The average Bonchev–Trinajstić information content (AvgIpc) is 2.74. The second kappa shape index (κ2) is 2.95. The second-order valence-electron chi connectivity index (χ2n) is 5.01. The van der Waals surface area contributed by atoms with Crippen LogP contribution in [-0.4, -0.2) is 11.7 Å². The zero-order valence-electron chi connectivity index (χ0n) is 9.05. The van der Waals surface area contributed by atoms with Crippen LogP contribution in [0.3, 0.4) is 0 Å². The van der Waals surface area contributed by atoms with Crippen LogP contribution in [0.25, 0.3) is 0 Å². The molecule has 0 saturated heterocycles. The molecule has 2 rings (SSSR count). The number of halogens is 1. The molecule has 0 aromatic heterocycles. The Morgan fingerprint density at radius 1 is 1.47 bits per heavy atom. The molecule has 0 bridgehead atoms. The Hall–Kier alpha value is -1.09. The van der Waals surface area contributed by atoms with E-state index in [1.807, 2.05) is 0 Å². The van der Waals surface area contributed by atoms with Crippen molar-refractivity contribution in [1.29, 1.82) is 0 Å². The van der Waals surface area contributed by atoms with Crippen LogP contribution >= 0.6 is 0 Å². The van der Waals surface area contributed by atoms with E-state index in [0.717, 1.165) is 6.42 Å². The molecular weight excluding hydrogens is 193 g/mol. The normalized spacial score (nSPS) is 27.7. The molecule has 1 unspecified atom stereocenters. The van der Waals surface area contributed by atoms with E-state index in [1.165, 1.54) is 18.2 Å². The number of hydrogen-bond donors (Lipinski definition) is 2. The van der Waals surface area contributed by atoms with E-state index in [0.29, 0.717) is 12.1 Å². The van der Waals surface area contributed by atoms with Gasteiger partial charge in [0.15, 0.2) is 0 Å². The Bertz CT molecular complexity index is 403. The number of phenolic OH excluding ortho intramolecular Hbond substituents is 1. The summed E-state index contributed by atoms with van der Waals surface area (Å²) in [6.45, 7) is 4.62. The largest absolute Gasteiger partial charge is 0.508 e. The molecule has 82 valence electrons. The first-order valence-electron chi connectivity index (χ1n) is 5.12. The van der Waals surface area contributed by atoms with E-state index >= 15 is 0 Å². The first kappa shape index (κ1) is 10.4. The zero-order valence-corrected chi connectivity index (χ0v) is 9.05. The number of hydrogen-bond acceptors (Lipinski definition) is 2. The smallest absolute Gasteiger partial charge is 0.123 e. The van der Waals surface area contributed by atoms with Crippen molar-refractivity contribution in [3.05, 3.63) is 29.6 Å². The van der Waals surface area contributed by atoms with E-state index in [9.17, 15) is 9.50 Å². The fourth-order valence-corrected chi connectivity index (χ4v) is 2.52. The summed E-state index contributed by atoms with van der Waals surface area (Å²) < 4.78 is 13.1. The van der Waals surface area contributed by atoms with Crippen molar-refractivity contribution in [2.45, 2.75) is 25.7 Å². The third-order valence-corrected chi connectivity index (χ3v) is 3.74. The molecule has 3 N–H and O–H groups in total. The highest BCUT2D eigenvalue weighted by Crippen LogP contribution is 2.65. The average molecular weight is 209 g/mol. The molecule has 1 aliphatic rings. The van der Waals surface area contributed by atoms with E-state index in [4.69, 9.17) is 5.73 Å². The van der Waals surface area contributed by atoms with Crippen LogP contribution in [0, 0.1) is 11.2 Å². The highest BCUT2D eigenvalue weighted by molar-refractivity contribution is 5.46. The molecule has 15 heavy (non-hydrogen) atoms. The Morgan fingerprint density at radius 2 is 2.07 bits per heavy atom. The van der Waals surface area contributed by atoms with Crippen LogP contribution in [-0.2, 0) is 5.41 Å². The minimum Gasteiger partial charge on any atom is -0.508 e. The van der Waals surface area contributed by atoms with Crippen molar-refractivity contribution >= 4 is 0 Å². The van der Waals surface area contributed by atoms with E-state index in [1.54, 1.807) is 0 Å². The maximum atomic E-state index is 13.1. The summed E-state index contributed by atoms with van der Waals surface area (Å²) in [5.74, 6) is -0.175. The van der Waals surface area contributed by atoms with E-state index < -0.39 is 0 Å². The lowest BCUT2D eigenvalue weighted by molar-refractivity contribution is 0.434. The number of aromatic hydroxyl groups is 1. The highest BCUT2D eigenvalue weighted by Gasteiger charge is 2.62. The molecule has 0 heterocycles. The quantitative estimate of drug-likeness (QED) is 0.784. The third kappa shape index (κ3) is 1.34. The highest BCUT2D eigenvalue weighted by atomic mass is 19.1. The first-order chi connectivity index (χ1) is 6.93. The molecule has 1 saturated carbocycles. The fraction of sp³-hybridized carbons (Fsp3) is 0.500. The van der Waals surface area contributed by atoms with Crippen molar-refractivity contribution in [2.75, 3.05) is 6.54 Å². The molecule has 1 aromatic carbocycles. The number of benzene rings is 1. The Morgan fingerprint density at radius 3 is 2.53 bits per heavy atom. The molecule has 0 spiro atoms. The van der Waals surface area contributed by atoms with Gasteiger partial charge >= 0.3 is 0 Å². The van der Waals surface area contributed by atoms with Gasteiger partial charge in [-0.2, -0.15) is 0 Å². The summed E-state index contributed by atoms with van der Waals surface area (Å²) in [5.41, 5.74) is 6.21. The van der Waals surface area contributed by atoms with Gasteiger partial charge in [0.2, 0.25) is 0 Å². The van der Waals surface area contributed by atoms with Gasteiger partial charge in [-0.3, -0.25) is 0 Å². The molecule has 2 nitrogen and oxygen atoms in total. The number of nitrogens with two attached hydrogens (primary N) is 1. The monoisotopic (exact) mass is 209 g/mol. The molecule has 0 amide bonds. The van der Waals surface area contributed by atoms with Crippen molar-refractivity contribution in [1.82, 2.24) is 0 Å². The van der Waals surface area contributed by atoms with Gasteiger partial charge in [0.05, 0.1) is 0 Å². The minimum absolute atomic E-state index is 0.0486. The molecule has 1 atom stereocenters. The van der Waals surface area contributed by atoms with Gasteiger partial charge in [0, 0.05) is 17.5 Å². The standard InChI is InChI=1S/C12H16FNO/c1-11(2)6-12(11,7-14)9-5-8(13)3-4-10(9)15/h3-5,15H,6-7,14H2,1-2H3. The lowest BCUT2D eigenvalue weighted by Gasteiger charge is -2.20. The van der Waals surface area contributed by atoms with Crippen LogP contribution in [0.15, 0.2) is 18.2 Å². The molecule has 0 radical (unpaired) electrons.